The average molecular weight is 191 g/mol. The van der Waals surface area contributed by atoms with Crippen molar-refractivity contribution >= 4 is 6.09 Å². The van der Waals surface area contributed by atoms with Crippen LogP contribution in [0.15, 0.2) is 24.3 Å². The van der Waals surface area contributed by atoms with Crippen LogP contribution in [0.3, 0.4) is 0 Å². The molecule has 1 amide bonds. The van der Waals surface area contributed by atoms with Gasteiger partial charge in [-0.2, -0.15) is 0 Å². The molecule has 1 aliphatic rings. The molecule has 1 fully saturated rings. The molecule has 1 aliphatic heterocycles. The quantitative estimate of drug-likeness (QED) is 0.771. The molecular weight excluding hydrogens is 178 g/mol. The van der Waals surface area contributed by atoms with Crippen molar-refractivity contribution < 1.29 is 9.53 Å². The first kappa shape index (κ1) is 9.06. The molecule has 3 nitrogen and oxygen atoms in total. The molecule has 2 rings (SSSR count). The second-order valence-electron chi connectivity index (χ2n) is 3.63. The molecule has 14 heavy (non-hydrogen) atoms. The fourth-order valence-electron chi connectivity index (χ4n) is 1.54. The first-order chi connectivity index (χ1) is 6.74. The Kier molecular flexibility index (Phi) is 2.39. The van der Waals surface area contributed by atoms with E-state index in [4.69, 9.17) is 4.74 Å². The summed E-state index contributed by atoms with van der Waals surface area (Å²) in [5.74, 6) is 0. The molecular formula is C11H13NO2. The molecule has 0 bridgehead atoms. The highest BCUT2D eigenvalue weighted by Gasteiger charge is 2.21. The number of amides is 1. The van der Waals surface area contributed by atoms with Crippen molar-refractivity contribution in [2.75, 3.05) is 6.61 Å². The third kappa shape index (κ3) is 2.05. The zero-order valence-electron chi connectivity index (χ0n) is 8.12. The van der Waals surface area contributed by atoms with Gasteiger partial charge in [0.1, 0.15) is 6.61 Å². The van der Waals surface area contributed by atoms with Crippen molar-refractivity contribution in [1.82, 2.24) is 5.32 Å². The van der Waals surface area contributed by atoms with Gasteiger partial charge in [0, 0.05) is 0 Å². The molecule has 74 valence electrons. The van der Waals surface area contributed by atoms with E-state index in [0.29, 0.717) is 6.61 Å². The van der Waals surface area contributed by atoms with Gasteiger partial charge in [-0.15, -0.1) is 0 Å². The highest BCUT2D eigenvalue weighted by Crippen LogP contribution is 2.09. The van der Waals surface area contributed by atoms with Gasteiger partial charge >= 0.3 is 6.09 Å². The van der Waals surface area contributed by atoms with Gasteiger partial charge in [0.25, 0.3) is 0 Å². The first-order valence-electron chi connectivity index (χ1n) is 4.73. The summed E-state index contributed by atoms with van der Waals surface area (Å²) in [5, 5.41) is 2.76. The Morgan fingerprint density at radius 2 is 2.14 bits per heavy atom. The Hall–Kier alpha value is -1.51. The summed E-state index contributed by atoms with van der Waals surface area (Å²) in [5.41, 5.74) is 2.48. The molecule has 1 unspecified atom stereocenters. The van der Waals surface area contributed by atoms with Crippen LogP contribution in [0, 0.1) is 6.92 Å². The van der Waals surface area contributed by atoms with Crippen molar-refractivity contribution in [2.24, 2.45) is 0 Å². The number of alkyl carbamates (subject to hydrolysis) is 1. The Balaban J connectivity index is 1.97. The SMILES string of the molecule is Cc1ccc(CC2COC(=O)N2)cc1. The van der Waals surface area contributed by atoms with E-state index in [0.717, 1.165) is 6.42 Å². The predicted molar refractivity (Wildman–Crippen MR) is 53.2 cm³/mol. The van der Waals surface area contributed by atoms with Crippen LogP contribution >= 0.6 is 0 Å². The number of carbonyl (C=O) groups excluding carboxylic acids is 1. The number of benzene rings is 1. The molecule has 1 aromatic rings. The van der Waals surface area contributed by atoms with Gasteiger partial charge in [0.2, 0.25) is 0 Å². The van der Waals surface area contributed by atoms with Crippen molar-refractivity contribution in [2.45, 2.75) is 19.4 Å². The minimum absolute atomic E-state index is 0.130. The lowest BCUT2D eigenvalue weighted by Crippen LogP contribution is -2.28. The molecule has 1 N–H and O–H groups in total. The number of ether oxygens (including phenoxy) is 1. The lowest BCUT2D eigenvalue weighted by Gasteiger charge is -2.06. The van der Waals surface area contributed by atoms with Crippen molar-refractivity contribution in [3.05, 3.63) is 35.4 Å². The van der Waals surface area contributed by atoms with Crippen molar-refractivity contribution in [1.29, 1.82) is 0 Å². The molecule has 1 atom stereocenters. The van der Waals surface area contributed by atoms with Crippen LogP contribution in [-0.2, 0) is 11.2 Å². The summed E-state index contributed by atoms with van der Waals surface area (Å²) < 4.78 is 4.81. The van der Waals surface area contributed by atoms with Crippen LogP contribution in [0.2, 0.25) is 0 Å². The second-order valence-corrected chi connectivity index (χ2v) is 3.63. The highest BCUT2D eigenvalue weighted by atomic mass is 16.6. The zero-order valence-corrected chi connectivity index (χ0v) is 8.12. The minimum Gasteiger partial charge on any atom is -0.447 e. The van der Waals surface area contributed by atoms with Crippen LogP contribution in [0.1, 0.15) is 11.1 Å². The van der Waals surface area contributed by atoms with Gasteiger partial charge in [-0.05, 0) is 18.9 Å². The molecule has 0 radical (unpaired) electrons. The van der Waals surface area contributed by atoms with Crippen LogP contribution < -0.4 is 5.32 Å². The summed E-state index contributed by atoms with van der Waals surface area (Å²) in [6.07, 6.45) is 0.536. The van der Waals surface area contributed by atoms with Crippen LogP contribution in [-0.4, -0.2) is 18.7 Å². The maximum Gasteiger partial charge on any atom is 0.407 e. The third-order valence-electron chi connectivity index (χ3n) is 2.34. The first-order valence-corrected chi connectivity index (χ1v) is 4.73. The third-order valence-corrected chi connectivity index (χ3v) is 2.34. The largest absolute Gasteiger partial charge is 0.447 e. The second kappa shape index (κ2) is 3.70. The van der Waals surface area contributed by atoms with Gasteiger partial charge in [0.05, 0.1) is 6.04 Å². The molecule has 1 heterocycles. The van der Waals surface area contributed by atoms with E-state index >= 15 is 0 Å². The fourth-order valence-corrected chi connectivity index (χ4v) is 1.54. The molecule has 0 spiro atoms. The van der Waals surface area contributed by atoms with Crippen LogP contribution in [0.4, 0.5) is 4.79 Å². The van der Waals surface area contributed by atoms with Crippen LogP contribution in [0.25, 0.3) is 0 Å². The Labute approximate surface area is 83.1 Å². The standard InChI is InChI=1S/C11H13NO2/c1-8-2-4-9(5-3-8)6-10-7-14-11(13)12-10/h2-5,10H,6-7H2,1H3,(H,12,13). The summed E-state index contributed by atoms with van der Waals surface area (Å²) in [6.45, 7) is 2.54. The fraction of sp³-hybridized carbons (Fsp3) is 0.364. The Bertz CT molecular complexity index is 332. The number of rotatable bonds is 2. The van der Waals surface area contributed by atoms with Gasteiger partial charge < -0.3 is 10.1 Å². The van der Waals surface area contributed by atoms with Crippen LogP contribution in [0.5, 0.6) is 0 Å². The zero-order chi connectivity index (χ0) is 9.97. The van der Waals surface area contributed by atoms with E-state index in [-0.39, 0.29) is 12.1 Å². The number of carbonyl (C=O) groups is 1. The Morgan fingerprint density at radius 1 is 1.43 bits per heavy atom. The lowest BCUT2D eigenvalue weighted by molar-refractivity contribution is 0.177. The number of nitrogens with one attached hydrogen (secondary N) is 1. The monoisotopic (exact) mass is 191 g/mol. The maximum atomic E-state index is 10.8. The van der Waals surface area contributed by atoms with E-state index in [1.165, 1.54) is 11.1 Å². The van der Waals surface area contributed by atoms with Gasteiger partial charge in [0.15, 0.2) is 0 Å². The summed E-state index contributed by atoms with van der Waals surface area (Å²) in [7, 11) is 0. The summed E-state index contributed by atoms with van der Waals surface area (Å²) in [6, 6.07) is 8.45. The lowest BCUT2D eigenvalue weighted by atomic mass is 10.1. The van der Waals surface area contributed by atoms with E-state index in [1.807, 2.05) is 0 Å². The highest BCUT2D eigenvalue weighted by molar-refractivity contribution is 5.69. The number of hydrogen-bond acceptors (Lipinski definition) is 2. The average Bonchev–Trinajstić information content (AvgIpc) is 2.56. The normalized spacial score (nSPS) is 20.4. The Morgan fingerprint density at radius 3 is 2.71 bits per heavy atom. The van der Waals surface area contributed by atoms with E-state index in [9.17, 15) is 4.79 Å². The van der Waals surface area contributed by atoms with Crippen molar-refractivity contribution in [3.8, 4) is 0 Å². The van der Waals surface area contributed by atoms with E-state index < -0.39 is 0 Å². The molecule has 0 saturated carbocycles. The number of cyclic esters (lactones) is 1. The van der Waals surface area contributed by atoms with Gasteiger partial charge in [-0.1, -0.05) is 29.8 Å². The summed E-state index contributed by atoms with van der Waals surface area (Å²) >= 11 is 0. The van der Waals surface area contributed by atoms with Gasteiger partial charge in [-0.3, -0.25) is 0 Å². The number of aryl methyl sites for hydroxylation is 1. The summed E-state index contributed by atoms with van der Waals surface area (Å²) in [4.78, 5) is 10.8. The molecule has 0 aromatic heterocycles. The maximum absolute atomic E-state index is 10.8. The predicted octanol–water partition coefficient (Wildman–Crippen LogP) is 1.65. The van der Waals surface area contributed by atoms with Gasteiger partial charge in [-0.25, -0.2) is 4.79 Å². The topological polar surface area (TPSA) is 38.3 Å². The molecule has 3 heteroatoms. The molecule has 1 aromatic carbocycles. The van der Waals surface area contributed by atoms with Crippen molar-refractivity contribution in [3.63, 3.8) is 0 Å². The minimum atomic E-state index is -0.304. The molecule has 0 aliphatic carbocycles. The molecule has 1 saturated heterocycles. The number of hydrogen-bond donors (Lipinski definition) is 1. The smallest absolute Gasteiger partial charge is 0.407 e. The van der Waals surface area contributed by atoms with E-state index in [1.54, 1.807) is 0 Å². The van der Waals surface area contributed by atoms with E-state index in [2.05, 4.69) is 36.5 Å².